The van der Waals surface area contributed by atoms with Crippen LogP contribution in [0.15, 0.2) is 52.9 Å². The first kappa shape index (κ1) is 19.2. The fourth-order valence-electron chi connectivity index (χ4n) is 2.30. The van der Waals surface area contributed by atoms with Crippen LogP contribution in [-0.4, -0.2) is 12.2 Å². The van der Waals surface area contributed by atoms with Crippen molar-refractivity contribution in [1.29, 1.82) is 5.26 Å². The van der Waals surface area contributed by atoms with Crippen molar-refractivity contribution in [3.05, 3.63) is 58.2 Å². The van der Waals surface area contributed by atoms with Gasteiger partial charge in [-0.25, -0.2) is 0 Å². The summed E-state index contributed by atoms with van der Waals surface area (Å²) in [5, 5.41) is 21.6. The summed E-state index contributed by atoms with van der Waals surface area (Å²) in [6.07, 6.45) is 9.12. The Bertz CT molecular complexity index is 697. The third kappa shape index (κ3) is 5.10. The van der Waals surface area contributed by atoms with Crippen LogP contribution in [0.1, 0.15) is 32.3 Å². The minimum atomic E-state index is -0.172. The number of nitroso groups, excluding NO2 is 1. The largest absolute Gasteiger partial charge is 0.506 e. The van der Waals surface area contributed by atoms with E-state index in [4.69, 9.17) is 4.74 Å². The van der Waals surface area contributed by atoms with E-state index in [1.54, 1.807) is 19.3 Å². The summed E-state index contributed by atoms with van der Waals surface area (Å²) in [4.78, 5) is 10.6. The van der Waals surface area contributed by atoms with E-state index < -0.39 is 0 Å². The number of allylic oxidation sites excluding steroid dienone is 4. The Balaban J connectivity index is 0.00000139. The molecule has 1 atom stereocenters. The van der Waals surface area contributed by atoms with Crippen molar-refractivity contribution < 1.29 is 9.84 Å². The number of benzene rings is 1. The van der Waals surface area contributed by atoms with Crippen LogP contribution >= 0.6 is 0 Å². The summed E-state index contributed by atoms with van der Waals surface area (Å²) in [6, 6.07) is 6.70. The van der Waals surface area contributed by atoms with Gasteiger partial charge >= 0.3 is 0 Å². The first-order chi connectivity index (χ1) is 11.7. The van der Waals surface area contributed by atoms with Crippen molar-refractivity contribution in [2.45, 2.75) is 26.7 Å². The van der Waals surface area contributed by atoms with Crippen molar-refractivity contribution in [2.75, 3.05) is 7.11 Å². The molecule has 1 aromatic carbocycles. The van der Waals surface area contributed by atoms with E-state index in [2.05, 4.69) is 11.2 Å². The van der Waals surface area contributed by atoms with E-state index >= 15 is 0 Å². The molecule has 2 rings (SSSR count). The molecule has 0 saturated carbocycles. The molecule has 1 aliphatic carbocycles. The molecular formula is C19H22N2O3. The van der Waals surface area contributed by atoms with Crippen LogP contribution in [0.25, 0.3) is 6.08 Å². The van der Waals surface area contributed by atoms with Crippen molar-refractivity contribution in [1.82, 2.24) is 0 Å². The SMILES string of the molecule is CC.COC1=CCCC(/C(C#N)=C/c2ccc(O)c(N=O)c2)C=C1. The van der Waals surface area contributed by atoms with Gasteiger partial charge in [-0.2, -0.15) is 5.26 Å². The van der Waals surface area contributed by atoms with Gasteiger partial charge in [0.05, 0.1) is 13.2 Å². The van der Waals surface area contributed by atoms with Gasteiger partial charge in [0.2, 0.25) is 0 Å². The highest BCUT2D eigenvalue weighted by molar-refractivity contribution is 5.64. The summed E-state index contributed by atoms with van der Waals surface area (Å²) in [6.45, 7) is 4.00. The highest BCUT2D eigenvalue weighted by Gasteiger charge is 2.14. The van der Waals surface area contributed by atoms with E-state index in [1.165, 1.54) is 12.1 Å². The Hall–Kier alpha value is -2.87. The second kappa shape index (κ2) is 10.0. The summed E-state index contributed by atoms with van der Waals surface area (Å²) in [7, 11) is 1.61. The molecule has 0 amide bonds. The molecule has 1 unspecified atom stereocenters. The van der Waals surface area contributed by atoms with Gasteiger partial charge in [0.15, 0.2) is 0 Å². The minimum absolute atomic E-state index is 0.0182. The molecule has 126 valence electrons. The van der Waals surface area contributed by atoms with E-state index in [0.717, 1.165) is 18.6 Å². The maximum absolute atomic E-state index is 10.6. The average Bonchev–Trinajstić information content (AvgIpc) is 2.88. The van der Waals surface area contributed by atoms with Gasteiger partial charge in [0.1, 0.15) is 17.2 Å². The van der Waals surface area contributed by atoms with Gasteiger partial charge in [-0.3, -0.25) is 0 Å². The molecule has 0 saturated heterocycles. The molecule has 1 N–H and O–H groups in total. The third-order valence-electron chi connectivity index (χ3n) is 3.50. The predicted molar refractivity (Wildman–Crippen MR) is 95.5 cm³/mol. The molecule has 0 spiro atoms. The Labute approximate surface area is 142 Å². The number of nitrogens with zero attached hydrogens (tertiary/aromatic N) is 2. The smallest absolute Gasteiger partial charge is 0.150 e. The van der Waals surface area contributed by atoms with Gasteiger partial charge in [0.25, 0.3) is 0 Å². The Morgan fingerprint density at radius 1 is 1.46 bits per heavy atom. The lowest BCUT2D eigenvalue weighted by Crippen LogP contribution is -1.98. The van der Waals surface area contributed by atoms with Crippen molar-refractivity contribution in [3.63, 3.8) is 0 Å². The number of hydrogen-bond acceptors (Lipinski definition) is 5. The number of phenolic OH excluding ortho intramolecular Hbond substituents is 1. The lowest BCUT2D eigenvalue weighted by atomic mass is 9.93. The van der Waals surface area contributed by atoms with Crippen LogP contribution in [0.2, 0.25) is 0 Å². The van der Waals surface area contributed by atoms with Gasteiger partial charge in [0, 0.05) is 11.5 Å². The number of rotatable bonds is 4. The van der Waals surface area contributed by atoms with Crippen LogP contribution in [-0.2, 0) is 4.74 Å². The average molecular weight is 326 g/mol. The van der Waals surface area contributed by atoms with Crippen LogP contribution in [0, 0.1) is 22.2 Å². The second-order valence-electron chi connectivity index (χ2n) is 4.90. The fourth-order valence-corrected chi connectivity index (χ4v) is 2.30. The lowest BCUT2D eigenvalue weighted by Gasteiger charge is -2.09. The van der Waals surface area contributed by atoms with Crippen LogP contribution < -0.4 is 0 Å². The number of phenols is 1. The molecule has 1 aliphatic rings. The molecule has 0 radical (unpaired) electrons. The zero-order chi connectivity index (χ0) is 17.9. The molecule has 0 aromatic heterocycles. The van der Waals surface area contributed by atoms with Crippen molar-refractivity contribution in [2.24, 2.45) is 11.1 Å². The highest BCUT2D eigenvalue weighted by atomic mass is 16.5. The molecule has 5 heteroatoms. The Morgan fingerprint density at radius 2 is 2.21 bits per heavy atom. The zero-order valence-electron chi connectivity index (χ0n) is 14.2. The zero-order valence-corrected chi connectivity index (χ0v) is 14.2. The van der Waals surface area contributed by atoms with E-state index in [9.17, 15) is 15.3 Å². The monoisotopic (exact) mass is 326 g/mol. The van der Waals surface area contributed by atoms with Crippen LogP contribution in [0.3, 0.4) is 0 Å². The molecule has 24 heavy (non-hydrogen) atoms. The fraction of sp³-hybridized carbons (Fsp3) is 0.316. The molecule has 0 bridgehead atoms. The minimum Gasteiger partial charge on any atom is -0.506 e. The van der Waals surface area contributed by atoms with Crippen LogP contribution in [0.4, 0.5) is 5.69 Å². The molecule has 5 nitrogen and oxygen atoms in total. The van der Waals surface area contributed by atoms with Gasteiger partial charge in [-0.1, -0.05) is 26.0 Å². The summed E-state index contributed by atoms with van der Waals surface area (Å²) >= 11 is 0. The second-order valence-corrected chi connectivity index (χ2v) is 4.90. The van der Waals surface area contributed by atoms with E-state index in [1.807, 2.05) is 32.1 Å². The van der Waals surface area contributed by atoms with Crippen molar-refractivity contribution >= 4 is 11.8 Å². The Morgan fingerprint density at radius 3 is 2.83 bits per heavy atom. The number of ether oxygens (including phenoxy) is 1. The summed E-state index contributed by atoms with van der Waals surface area (Å²) in [5.41, 5.74) is 1.21. The van der Waals surface area contributed by atoms with Gasteiger partial charge in [-0.15, -0.1) is 4.91 Å². The molecule has 0 heterocycles. The van der Waals surface area contributed by atoms with E-state index in [-0.39, 0.29) is 17.4 Å². The first-order valence-electron chi connectivity index (χ1n) is 7.88. The lowest BCUT2D eigenvalue weighted by molar-refractivity contribution is 0.305. The van der Waals surface area contributed by atoms with Crippen LogP contribution in [0.5, 0.6) is 5.75 Å². The Kier molecular flexibility index (Phi) is 8.00. The summed E-state index contributed by atoms with van der Waals surface area (Å²) < 4.78 is 5.19. The number of aromatic hydroxyl groups is 1. The predicted octanol–water partition coefficient (Wildman–Crippen LogP) is 5.22. The molecular weight excluding hydrogens is 304 g/mol. The highest BCUT2D eigenvalue weighted by Crippen LogP contribution is 2.30. The number of methoxy groups -OCH3 is 1. The summed E-state index contributed by atoms with van der Waals surface area (Å²) in [5.74, 6) is 0.598. The number of hydrogen-bond donors (Lipinski definition) is 1. The quantitative estimate of drug-likeness (QED) is 0.607. The first-order valence-corrected chi connectivity index (χ1v) is 7.88. The van der Waals surface area contributed by atoms with Gasteiger partial charge < -0.3 is 9.84 Å². The maximum atomic E-state index is 10.6. The van der Waals surface area contributed by atoms with Gasteiger partial charge in [-0.05, 0) is 53.9 Å². The van der Waals surface area contributed by atoms with E-state index in [0.29, 0.717) is 11.1 Å². The van der Waals surface area contributed by atoms with Crippen molar-refractivity contribution in [3.8, 4) is 11.8 Å². The molecule has 0 fully saturated rings. The maximum Gasteiger partial charge on any atom is 0.150 e. The molecule has 1 aromatic rings. The topological polar surface area (TPSA) is 82.7 Å². The standard InChI is InChI=1S/C17H16N2O3.C2H6/c1-22-15-4-2-3-13(6-7-15)14(11-18)9-12-5-8-17(20)16(10-12)19-21;1-2/h4-10,13,20H,2-3H2,1H3;1-2H3/b14-9+;. The number of nitriles is 1. The normalized spacial score (nSPS) is 16.8. The molecule has 0 aliphatic heterocycles. The third-order valence-corrected chi connectivity index (χ3v) is 3.50.